The Bertz CT molecular complexity index is 619. The number of ether oxygens (including phenoxy) is 1. The number of methoxy groups -OCH3 is 1. The van der Waals surface area contributed by atoms with Crippen molar-refractivity contribution in [3.63, 3.8) is 0 Å². The second-order valence-corrected chi connectivity index (χ2v) is 7.62. The summed E-state index contributed by atoms with van der Waals surface area (Å²) in [6, 6.07) is 9.56. The molecule has 10 nitrogen and oxygen atoms in total. The van der Waals surface area contributed by atoms with Crippen molar-refractivity contribution in [1.29, 1.82) is 0 Å². The molecule has 0 aliphatic heterocycles. The smallest absolute Gasteiger partial charge is 0.276 e. The van der Waals surface area contributed by atoms with Gasteiger partial charge in [-0.3, -0.25) is 5.84 Å². The molecule has 2 atom stereocenters. The number of quaternary nitrogens is 2. The standard InChI is InChI=1S/C20H43N7O3/c1-8-17-20(11-4,28-7)27(30-26(6,22)23,18-15-13-12-14-16-18)29-19(9-2,10-3)25(21)24-5/h12-16,24H,8-11,17,21-23H2,1-7H3/q+2. The number of benzene rings is 1. The first-order valence-electron chi connectivity index (χ1n) is 10.6. The van der Waals surface area contributed by atoms with Gasteiger partial charge in [-0.2, -0.15) is 0 Å². The Morgan fingerprint density at radius 2 is 1.60 bits per heavy atom. The molecule has 0 heterocycles. The average Bonchev–Trinajstić information content (AvgIpc) is 2.74. The van der Waals surface area contributed by atoms with Crippen LogP contribution in [0.3, 0.4) is 0 Å². The summed E-state index contributed by atoms with van der Waals surface area (Å²) in [4.78, 5) is 11.9. The van der Waals surface area contributed by atoms with Crippen LogP contribution in [-0.2, 0) is 14.5 Å². The lowest BCUT2D eigenvalue weighted by Crippen LogP contribution is -2.78. The van der Waals surface area contributed by atoms with Crippen LogP contribution >= 0.6 is 0 Å². The van der Waals surface area contributed by atoms with Crippen LogP contribution in [-0.4, -0.2) is 42.6 Å². The van der Waals surface area contributed by atoms with Crippen LogP contribution < -0.4 is 27.8 Å². The first kappa shape index (κ1) is 26.9. The van der Waals surface area contributed by atoms with Crippen molar-refractivity contribution in [1.82, 2.24) is 15.4 Å². The normalized spacial score (nSPS) is 17.0. The van der Waals surface area contributed by atoms with Crippen molar-refractivity contribution in [3.05, 3.63) is 30.3 Å². The molecule has 0 spiro atoms. The molecule has 1 aromatic carbocycles. The van der Waals surface area contributed by atoms with Crippen molar-refractivity contribution >= 4 is 5.69 Å². The van der Waals surface area contributed by atoms with Crippen LogP contribution in [0.25, 0.3) is 0 Å². The van der Waals surface area contributed by atoms with Crippen LogP contribution in [0.4, 0.5) is 5.69 Å². The molecule has 0 bridgehead atoms. The van der Waals surface area contributed by atoms with E-state index in [-0.39, 0.29) is 0 Å². The Morgan fingerprint density at radius 1 is 1.03 bits per heavy atom. The molecule has 30 heavy (non-hydrogen) atoms. The van der Waals surface area contributed by atoms with E-state index in [4.69, 9.17) is 32.0 Å². The highest BCUT2D eigenvalue weighted by Gasteiger charge is 2.65. The van der Waals surface area contributed by atoms with Crippen molar-refractivity contribution in [2.45, 2.75) is 71.2 Å². The number of nitrogens with one attached hydrogen (secondary N) is 1. The molecule has 174 valence electrons. The monoisotopic (exact) mass is 429 g/mol. The summed E-state index contributed by atoms with van der Waals surface area (Å²) < 4.78 is 6.16. The third-order valence-corrected chi connectivity index (χ3v) is 5.58. The first-order valence-corrected chi connectivity index (χ1v) is 10.6. The zero-order chi connectivity index (χ0) is 23.1. The minimum absolute atomic E-state index is 0.519. The molecule has 10 heteroatoms. The lowest BCUT2D eigenvalue weighted by Gasteiger charge is -2.49. The Labute approximate surface area is 181 Å². The van der Waals surface area contributed by atoms with E-state index >= 15 is 0 Å². The van der Waals surface area contributed by atoms with Crippen LogP contribution in [0.15, 0.2) is 30.3 Å². The van der Waals surface area contributed by atoms with E-state index < -0.39 is 21.1 Å². The second kappa shape index (κ2) is 10.9. The number of hydroxylamine groups is 3. The average molecular weight is 430 g/mol. The van der Waals surface area contributed by atoms with Crippen LogP contribution in [0, 0.1) is 0 Å². The van der Waals surface area contributed by atoms with Gasteiger partial charge in [-0.25, -0.2) is 5.43 Å². The fourth-order valence-electron chi connectivity index (χ4n) is 3.88. The molecule has 0 aliphatic carbocycles. The molecular formula is C20H43N7O3+2. The van der Waals surface area contributed by atoms with E-state index in [1.54, 1.807) is 14.2 Å². The van der Waals surface area contributed by atoms with Gasteiger partial charge in [-0.05, 0) is 19.3 Å². The Morgan fingerprint density at radius 3 is 1.97 bits per heavy atom. The van der Waals surface area contributed by atoms with Gasteiger partial charge in [0.15, 0.2) is 0 Å². The van der Waals surface area contributed by atoms with Gasteiger partial charge in [-0.1, -0.05) is 45.9 Å². The maximum atomic E-state index is 6.89. The van der Waals surface area contributed by atoms with Crippen molar-refractivity contribution in [2.24, 2.45) is 17.5 Å². The van der Waals surface area contributed by atoms with Gasteiger partial charge in [0.1, 0.15) is 7.05 Å². The highest BCUT2D eigenvalue weighted by Crippen LogP contribution is 2.44. The predicted molar refractivity (Wildman–Crippen MR) is 118 cm³/mol. The number of para-hydroxylation sites is 1. The lowest BCUT2D eigenvalue weighted by molar-refractivity contribution is -1.15. The zero-order valence-electron chi connectivity index (χ0n) is 19.7. The third-order valence-electron chi connectivity index (χ3n) is 5.58. The molecule has 1 aromatic rings. The summed E-state index contributed by atoms with van der Waals surface area (Å²) in [5.74, 6) is 18.7. The van der Waals surface area contributed by atoms with Gasteiger partial charge in [0.2, 0.25) is 11.4 Å². The minimum Gasteiger partial charge on any atom is -0.325 e. The first-order chi connectivity index (χ1) is 14.1. The van der Waals surface area contributed by atoms with E-state index in [1.807, 2.05) is 51.1 Å². The Hall–Kier alpha value is -1.18. The van der Waals surface area contributed by atoms with E-state index in [2.05, 4.69) is 12.3 Å². The van der Waals surface area contributed by atoms with Gasteiger partial charge < -0.3 is 4.74 Å². The number of nitrogens with zero attached hydrogens (tertiary/aromatic N) is 3. The van der Waals surface area contributed by atoms with E-state index in [0.717, 1.165) is 6.42 Å². The molecule has 0 fully saturated rings. The maximum Gasteiger partial charge on any atom is 0.276 e. The molecule has 0 saturated heterocycles. The van der Waals surface area contributed by atoms with Crippen molar-refractivity contribution < 1.29 is 19.4 Å². The number of nitrogens with two attached hydrogens (primary N) is 3. The SMILES string of the molecule is CCCC(CC)(OC)[N+](OC(CC)(CC)N(N)NC)(O[N+](C)(N)N)c1ccccc1. The fraction of sp³-hybridized carbons (Fsp3) is 0.700. The topological polar surface area (TPSA) is 121 Å². The van der Waals surface area contributed by atoms with Gasteiger partial charge in [0.05, 0.1) is 9.75 Å². The van der Waals surface area contributed by atoms with E-state index in [1.165, 1.54) is 12.2 Å². The molecule has 7 N–H and O–H groups in total. The lowest BCUT2D eigenvalue weighted by atomic mass is 10.0. The highest BCUT2D eigenvalue weighted by atomic mass is 17.1. The maximum absolute atomic E-state index is 6.89. The summed E-state index contributed by atoms with van der Waals surface area (Å²) >= 11 is 0. The molecular weight excluding hydrogens is 386 g/mol. The summed E-state index contributed by atoms with van der Waals surface area (Å²) in [7, 11) is 4.92. The second-order valence-electron chi connectivity index (χ2n) is 7.62. The minimum atomic E-state index is -0.952. The summed E-state index contributed by atoms with van der Waals surface area (Å²) in [5.41, 5.74) is 1.76. The van der Waals surface area contributed by atoms with Crippen LogP contribution in [0.5, 0.6) is 0 Å². The van der Waals surface area contributed by atoms with Gasteiger partial charge in [0, 0.05) is 44.0 Å². The summed E-state index contributed by atoms with van der Waals surface area (Å²) in [6.45, 7) is 8.11. The molecule has 0 saturated carbocycles. The van der Waals surface area contributed by atoms with Gasteiger partial charge >= 0.3 is 0 Å². The fourth-order valence-corrected chi connectivity index (χ4v) is 3.88. The molecule has 0 amide bonds. The Kier molecular flexibility index (Phi) is 9.77. The molecule has 0 aliphatic rings. The largest absolute Gasteiger partial charge is 0.325 e. The summed E-state index contributed by atoms with van der Waals surface area (Å²) in [5, 5.41) is 1.45. The van der Waals surface area contributed by atoms with Crippen molar-refractivity contribution in [3.8, 4) is 0 Å². The van der Waals surface area contributed by atoms with E-state index in [9.17, 15) is 0 Å². The zero-order valence-corrected chi connectivity index (χ0v) is 19.7. The highest BCUT2D eigenvalue weighted by molar-refractivity contribution is 5.40. The molecule has 0 radical (unpaired) electrons. The summed E-state index contributed by atoms with van der Waals surface area (Å²) in [6.07, 6.45) is 3.14. The van der Waals surface area contributed by atoms with Gasteiger partial charge in [0.25, 0.3) is 5.72 Å². The number of hydrazine groups is 2. The molecule has 2 unspecified atom stereocenters. The van der Waals surface area contributed by atoms with Crippen LogP contribution in [0.1, 0.15) is 59.8 Å². The Balaban J connectivity index is 3.94. The number of hydrogen-bond acceptors (Lipinski definition) is 8. The van der Waals surface area contributed by atoms with Crippen LogP contribution in [0.2, 0.25) is 0 Å². The van der Waals surface area contributed by atoms with Gasteiger partial charge in [-0.15, -0.1) is 21.6 Å². The predicted octanol–water partition coefficient (Wildman–Crippen LogP) is 2.35. The quantitative estimate of drug-likeness (QED) is 0.154. The number of hydrogen-bond donors (Lipinski definition) is 4. The van der Waals surface area contributed by atoms with E-state index in [0.29, 0.717) is 31.4 Å². The third kappa shape index (κ3) is 5.35. The molecule has 1 rings (SSSR count). The van der Waals surface area contributed by atoms with Crippen molar-refractivity contribution in [2.75, 3.05) is 21.2 Å². The molecule has 0 aromatic heterocycles. The number of rotatable bonds is 14.